The first kappa shape index (κ1) is 11.1. The molecule has 1 amide bonds. The van der Waals surface area contributed by atoms with Gasteiger partial charge >= 0.3 is 0 Å². The Morgan fingerprint density at radius 1 is 1.69 bits per heavy atom. The fourth-order valence-corrected chi connectivity index (χ4v) is 1.97. The van der Waals surface area contributed by atoms with Gasteiger partial charge in [0.05, 0.1) is 18.2 Å². The van der Waals surface area contributed by atoms with E-state index in [0.29, 0.717) is 12.2 Å². The van der Waals surface area contributed by atoms with Gasteiger partial charge in [-0.1, -0.05) is 0 Å². The smallest absolute Gasteiger partial charge is 0.228 e. The van der Waals surface area contributed by atoms with Crippen LogP contribution < -0.4 is 5.32 Å². The number of H-pyrrole nitrogens is 1. The van der Waals surface area contributed by atoms with Crippen LogP contribution >= 0.6 is 0 Å². The quantitative estimate of drug-likeness (QED) is 0.815. The normalized spacial score (nSPS) is 17.9. The molecular weight excluding hydrogens is 206 g/mol. The van der Waals surface area contributed by atoms with Crippen LogP contribution in [0.15, 0.2) is 6.20 Å². The van der Waals surface area contributed by atoms with Crippen LogP contribution in [0.5, 0.6) is 0 Å². The van der Waals surface area contributed by atoms with Crippen molar-refractivity contribution in [3.05, 3.63) is 11.8 Å². The van der Waals surface area contributed by atoms with Crippen molar-refractivity contribution in [3.8, 4) is 0 Å². The molecule has 2 N–H and O–H groups in total. The molecule has 0 radical (unpaired) electrons. The van der Waals surface area contributed by atoms with Crippen LogP contribution in [0.25, 0.3) is 0 Å². The SMILES string of the molecule is COC1(CC(=O)Nc2[nH]ncc2C)CCC1. The second kappa shape index (κ2) is 4.25. The number of methoxy groups -OCH3 is 1. The summed E-state index contributed by atoms with van der Waals surface area (Å²) in [5, 5.41) is 9.42. The Morgan fingerprint density at radius 2 is 2.44 bits per heavy atom. The Balaban J connectivity index is 1.92. The summed E-state index contributed by atoms with van der Waals surface area (Å²) in [6, 6.07) is 0. The average molecular weight is 223 g/mol. The molecule has 16 heavy (non-hydrogen) atoms. The molecule has 0 saturated heterocycles. The summed E-state index contributed by atoms with van der Waals surface area (Å²) in [5.74, 6) is 0.657. The van der Waals surface area contributed by atoms with E-state index < -0.39 is 0 Å². The van der Waals surface area contributed by atoms with Crippen molar-refractivity contribution in [1.29, 1.82) is 0 Å². The molecule has 1 fully saturated rings. The highest BCUT2D eigenvalue weighted by Gasteiger charge is 2.39. The maximum Gasteiger partial charge on any atom is 0.228 e. The number of carbonyl (C=O) groups is 1. The van der Waals surface area contributed by atoms with Crippen molar-refractivity contribution in [1.82, 2.24) is 10.2 Å². The lowest BCUT2D eigenvalue weighted by molar-refractivity contribution is -0.129. The number of aromatic nitrogens is 2. The zero-order chi connectivity index (χ0) is 11.6. The third-order valence-electron chi connectivity index (χ3n) is 3.27. The second-order valence-electron chi connectivity index (χ2n) is 4.39. The molecule has 0 unspecified atom stereocenters. The summed E-state index contributed by atoms with van der Waals surface area (Å²) in [7, 11) is 1.67. The van der Waals surface area contributed by atoms with Gasteiger partial charge in [-0.2, -0.15) is 5.10 Å². The number of aromatic amines is 1. The number of anilines is 1. The molecule has 5 nitrogen and oxygen atoms in total. The molecule has 0 spiro atoms. The lowest BCUT2D eigenvalue weighted by Crippen LogP contribution is -2.42. The van der Waals surface area contributed by atoms with Crippen LogP contribution in [0.2, 0.25) is 0 Å². The molecule has 0 bridgehead atoms. The van der Waals surface area contributed by atoms with Gasteiger partial charge < -0.3 is 10.1 Å². The summed E-state index contributed by atoms with van der Waals surface area (Å²) in [6.07, 6.45) is 5.19. The summed E-state index contributed by atoms with van der Waals surface area (Å²) in [5.41, 5.74) is 0.714. The zero-order valence-corrected chi connectivity index (χ0v) is 9.67. The van der Waals surface area contributed by atoms with Crippen molar-refractivity contribution in [2.24, 2.45) is 0 Å². The largest absolute Gasteiger partial charge is 0.378 e. The van der Waals surface area contributed by atoms with Gasteiger partial charge in [0.1, 0.15) is 5.82 Å². The minimum Gasteiger partial charge on any atom is -0.378 e. The molecule has 88 valence electrons. The highest BCUT2D eigenvalue weighted by molar-refractivity contribution is 5.91. The first-order chi connectivity index (χ1) is 7.65. The highest BCUT2D eigenvalue weighted by Crippen LogP contribution is 2.38. The summed E-state index contributed by atoms with van der Waals surface area (Å²) in [4.78, 5) is 11.8. The zero-order valence-electron chi connectivity index (χ0n) is 9.67. The number of carbonyl (C=O) groups excluding carboxylic acids is 1. The van der Waals surface area contributed by atoms with Gasteiger partial charge in [-0.15, -0.1) is 0 Å². The molecule has 1 aromatic heterocycles. The third kappa shape index (κ3) is 2.09. The first-order valence-electron chi connectivity index (χ1n) is 5.50. The molecule has 1 saturated carbocycles. The number of rotatable bonds is 4. The molecule has 0 atom stereocenters. The first-order valence-corrected chi connectivity index (χ1v) is 5.50. The number of nitrogens with zero attached hydrogens (tertiary/aromatic N) is 1. The fraction of sp³-hybridized carbons (Fsp3) is 0.636. The van der Waals surface area contributed by atoms with Crippen molar-refractivity contribution in [2.75, 3.05) is 12.4 Å². The number of nitrogens with one attached hydrogen (secondary N) is 2. The minimum absolute atomic E-state index is 0.0195. The van der Waals surface area contributed by atoms with Gasteiger partial charge in [0.25, 0.3) is 0 Å². The van der Waals surface area contributed by atoms with E-state index in [4.69, 9.17) is 4.74 Å². The van der Waals surface area contributed by atoms with E-state index in [1.165, 1.54) is 0 Å². The number of aryl methyl sites for hydroxylation is 1. The second-order valence-corrected chi connectivity index (χ2v) is 4.39. The monoisotopic (exact) mass is 223 g/mol. The third-order valence-corrected chi connectivity index (χ3v) is 3.27. The van der Waals surface area contributed by atoms with E-state index in [1.54, 1.807) is 13.3 Å². The number of hydrogen-bond donors (Lipinski definition) is 2. The van der Waals surface area contributed by atoms with Crippen LogP contribution in [-0.2, 0) is 9.53 Å². The highest BCUT2D eigenvalue weighted by atomic mass is 16.5. The number of amides is 1. The van der Waals surface area contributed by atoms with E-state index in [9.17, 15) is 4.79 Å². The molecule has 2 rings (SSSR count). The Morgan fingerprint density at radius 3 is 2.88 bits per heavy atom. The molecular formula is C11H17N3O2. The van der Waals surface area contributed by atoms with Crippen LogP contribution in [0.4, 0.5) is 5.82 Å². The number of ether oxygens (including phenoxy) is 1. The molecule has 1 heterocycles. The Kier molecular flexibility index (Phi) is 2.96. The minimum atomic E-state index is -0.224. The molecule has 1 aliphatic carbocycles. The summed E-state index contributed by atoms with van der Waals surface area (Å²) in [6.45, 7) is 1.90. The standard InChI is InChI=1S/C11H17N3O2/c1-8-7-12-14-10(8)13-9(15)6-11(16-2)4-3-5-11/h7H,3-6H2,1-2H3,(H2,12,13,14,15). The summed E-state index contributed by atoms with van der Waals surface area (Å²) < 4.78 is 5.41. The number of hydrogen-bond acceptors (Lipinski definition) is 3. The fourth-order valence-electron chi connectivity index (χ4n) is 1.97. The molecule has 5 heteroatoms. The van der Waals surface area contributed by atoms with Crippen molar-refractivity contribution >= 4 is 11.7 Å². The predicted octanol–water partition coefficient (Wildman–Crippen LogP) is 1.62. The molecule has 1 aliphatic rings. The van der Waals surface area contributed by atoms with E-state index in [1.807, 2.05) is 6.92 Å². The van der Waals surface area contributed by atoms with Crippen molar-refractivity contribution in [2.45, 2.75) is 38.2 Å². The van der Waals surface area contributed by atoms with Gasteiger partial charge in [-0.05, 0) is 26.2 Å². The molecule has 0 aliphatic heterocycles. The maximum atomic E-state index is 11.8. The maximum absolute atomic E-state index is 11.8. The van der Waals surface area contributed by atoms with Crippen molar-refractivity contribution < 1.29 is 9.53 Å². The topological polar surface area (TPSA) is 67.0 Å². The van der Waals surface area contributed by atoms with Crippen LogP contribution in [0.1, 0.15) is 31.2 Å². The lowest BCUT2D eigenvalue weighted by Gasteiger charge is -2.39. The van der Waals surface area contributed by atoms with Crippen molar-refractivity contribution in [3.63, 3.8) is 0 Å². The molecule has 0 aromatic carbocycles. The lowest BCUT2D eigenvalue weighted by atomic mass is 9.77. The van der Waals surface area contributed by atoms with Gasteiger partial charge in [0.2, 0.25) is 5.91 Å². The average Bonchev–Trinajstić information content (AvgIpc) is 2.58. The van der Waals surface area contributed by atoms with Gasteiger partial charge in [-0.3, -0.25) is 9.89 Å². The van der Waals surface area contributed by atoms with E-state index in [2.05, 4.69) is 15.5 Å². The van der Waals surface area contributed by atoms with Crippen LogP contribution in [0, 0.1) is 6.92 Å². The Bertz CT molecular complexity index is 377. The molecule has 1 aromatic rings. The van der Waals surface area contributed by atoms with E-state index >= 15 is 0 Å². The van der Waals surface area contributed by atoms with E-state index in [0.717, 1.165) is 24.8 Å². The predicted molar refractivity (Wildman–Crippen MR) is 60.2 cm³/mol. The van der Waals surface area contributed by atoms with Gasteiger partial charge in [-0.25, -0.2) is 0 Å². The van der Waals surface area contributed by atoms with Gasteiger partial charge in [0.15, 0.2) is 0 Å². The Hall–Kier alpha value is -1.36. The Labute approximate surface area is 94.6 Å². The van der Waals surface area contributed by atoms with E-state index in [-0.39, 0.29) is 11.5 Å². The van der Waals surface area contributed by atoms with Gasteiger partial charge in [0, 0.05) is 12.7 Å². The summed E-state index contributed by atoms with van der Waals surface area (Å²) >= 11 is 0. The van der Waals surface area contributed by atoms with Crippen LogP contribution in [0.3, 0.4) is 0 Å². The van der Waals surface area contributed by atoms with Crippen LogP contribution in [-0.4, -0.2) is 28.8 Å².